The molecule has 1 rings (SSSR count). The van der Waals surface area contributed by atoms with Crippen LogP contribution in [0.3, 0.4) is 0 Å². The molecule has 1 amide bonds. The number of rotatable bonds is 5. The Morgan fingerprint density at radius 1 is 1.40 bits per heavy atom. The molecule has 0 radical (unpaired) electrons. The normalized spacial score (nSPS) is 22.3. The second kappa shape index (κ2) is 7.07. The Morgan fingerprint density at radius 2 is 2.05 bits per heavy atom. The van der Waals surface area contributed by atoms with E-state index in [1.165, 1.54) is 0 Å². The van der Waals surface area contributed by atoms with Gasteiger partial charge in [-0.2, -0.15) is 0 Å². The Bertz CT molecular complexity index is 350. The lowest BCUT2D eigenvalue weighted by atomic mass is 9.93. The van der Waals surface area contributed by atoms with Crippen LogP contribution in [0.1, 0.15) is 47.0 Å². The van der Waals surface area contributed by atoms with E-state index in [0.717, 1.165) is 25.9 Å². The van der Waals surface area contributed by atoms with Crippen molar-refractivity contribution < 1.29 is 14.7 Å². The topological polar surface area (TPSA) is 69.6 Å². The van der Waals surface area contributed by atoms with Crippen LogP contribution in [0, 0.1) is 11.3 Å². The highest BCUT2D eigenvalue weighted by Gasteiger charge is 2.30. The Kier molecular flexibility index (Phi) is 5.99. The maximum Gasteiger partial charge on any atom is 0.320 e. The standard InChI is InChI=1S/C15H28N2O3/c1-5-12(13(18)19)17-8-6-7-11(10-17)9-16-14(20)15(2,3)4/h11-12H,5-10H2,1-4H3,(H,16,20)(H,18,19)/t11-,12-/m0/s1. The number of amides is 1. The van der Waals surface area contributed by atoms with E-state index in [1.807, 2.05) is 32.6 Å². The van der Waals surface area contributed by atoms with Gasteiger partial charge in [0.15, 0.2) is 0 Å². The van der Waals surface area contributed by atoms with Crippen LogP contribution in [0.4, 0.5) is 0 Å². The summed E-state index contributed by atoms with van der Waals surface area (Å²) in [6, 6.07) is -0.392. The molecule has 20 heavy (non-hydrogen) atoms. The van der Waals surface area contributed by atoms with E-state index in [4.69, 9.17) is 0 Å². The zero-order chi connectivity index (χ0) is 15.3. The number of nitrogens with one attached hydrogen (secondary N) is 1. The highest BCUT2D eigenvalue weighted by Crippen LogP contribution is 2.20. The van der Waals surface area contributed by atoms with Crippen LogP contribution in [-0.2, 0) is 9.59 Å². The Morgan fingerprint density at radius 3 is 2.55 bits per heavy atom. The lowest BCUT2D eigenvalue weighted by Crippen LogP contribution is -2.49. The van der Waals surface area contributed by atoms with Gasteiger partial charge in [0.25, 0.3) is 0 Å². The van der Waals surface area contributed by atoms with E-state index in [0.29, 0.717) is 18.9 Å². The number of aliphatic carboxylic acids is 1. The van der Waals surface area contributed by atoms with Crippen molar-refractivity contribution in [2.24, 2.45) is 11.3 Å². The number of nitrogens with zero attached hydrogens (tertiary/aromatic N) is 1. The van der Waals surface area contributed by atoms with Gasteiger partial charge in [0.1, 0.15) is 6.04 Å². The molecular formula is C15H28N2O3. The second-order valence-corrected chi connectivity index (χ2v) is 6.73. The summed E-state index contributed by atoms with van der Waals surface area (Å²) in [5.74, 6) is -0.338. The summed E-state index contributed by atoms with van der Waals surface area (Å²) in [4.78, 5) is 25.1. The molecule has 116 valence electrons. The van der Waals surface area contributed by atoms with Crippen LogP contribution in [0.2, 0.25) is 0 Å². The number of hydrogen-bond donors (Lipinski definition) is 2. The first kappa shape index (κ1) is 17.0. The smallest absolute Gasteiger partial charge is 0.320 e. The van der Waals surface area contributed by atoms with Crippen molar-refractivity contribution in [3.8, 4) is 0 Å². The molecule has 2 atom stereocenters. The van der Waals surface area contributed by atoms with E-state index >= 15 is 0 Å². The minimum Gasteiger partial charge on any atom is -0.480 e. The third kappa shape index (κ3) is 4.78. The van der Waals surface area contributed by atoms with Gasteiger partial charge in [-0.25, -0.2) is 0 Å². The fourth-order valence-corrected chi connectivity index (χ4v) is 2.64. The molecule has 0 saturated carbocycles. The summed E-state index contributed by atoms with van der Waals surface area (Å²) in [5, 5.41) is 12.2. The lowest BCUT2D eigenvalue weighted by Gasteiger charge is -2.36. The fraction of sp³-hybridized carbons (Fsp3) is 0.867. The van der Waals surface area contributed by atoms with Crippen LogP contribution in [0.25, 0.3) is 0 Å². The summed E-state index contributed by atoms with van der Waals surface area (Å²) in [6.07, 6.45) is 2.67. The number of carbonyl (C=O) groups excluding carboxylic acids is 1. The van der Waals surface area contributed by atoms with Gasteiger partial charge >= 0.3 is 5.97 Å². The van der Waals surface area contributed by atoms with Gasteiger partial charge in [-0.1, -0.05) is 27.7 Å². The number of hydrogen-bond acceptors (Lipinski definition) is 3. The predicted molar refractivity (Wildman–Crippen MR) is 78.5 cm³/mol. The van der Waals surface area contributed by atoms with Gasteiger partial charge in [0.05, 0.1) is 0 Å². The summed E-state index contributed by atoms with van der Waals surface area (Å²) >= 11 is 0. The van der Waals surface area contributed by atoms with Crippen molar-refractivity contribution in [2.75, 3.05) is 19.6 Å². The van der Waals surface area contributed by atoms with Crippen molar-refractivity contribution in [1.82, 2.24) is 10.2 Å². The number of likely N-dealkylation sites (tertiary alicyclic amines) is 1. The molecule has 2 N–H and O–H groups in total. The third-order valence-corrected chi connectivity index (χ3v) is 3.90. The minimum absolute atomic E-state index is 0.0555. The number of piperidine rings is 1. The number of carbonyl (C=O) groups is 2. The molecule has 1 fully saturated rings. The van der Waals surface area contributed by atoms with E-state index < -0.39 is 12.0 Å². The molecule has 5 nitrogen and oxygen atoms in total. The average molecular weight is 284 g/mol. The first-order valence-corrected chi connectivity index (χ1v) is 7.50. The van der Waals surface area contributed by atoms with E-state index in [2.05, 4.69) is 5.32 Å². The van der Waals surface area contributed by atoms with Crippen LogP contribution < -0.4 is 5.32 Å². The third-order valence-electron chi connectivity index (χ3n) is 3.90. The molecule has 0 bridgehead atoms. The van der Waals surface area contributed by atoms with Gasteiger partial charge in [-0.3, -0.25) is 14.5 Å². The minimum atomic E-state index is -0.744. The first-order valence-electron chi connectivity index (χ1n) is 7.50. The predicted octanol–water partition coefficient (Wildman–Crippen LogP) is 1.72. The molecule has 1 aliphatic heterocycles. The molecule has 1 saturated heterocycles. The number of carboxylic acid groups (broad SMARTS) is 1. The summed E-state index contributed by atoms with van der Waals surface area (Å²) in [6.45, 7) is 9.84. The van der Waals surface area contributed by atoms with Crippen molar-refractivity contribution in [1.29, 1.82) is 0 Å². The molecule has 0 aromatic rings. The lowest BCUT2D eigenvalue weighted by molar-refractivity contribution is -0.144. The Balaban J connectivity index is 2.49. The van der Waals surface area contributed by atoms with Crippen LogP contribution in [0.5, 0.6) is 0 Å². The molecule has 0 aromatic carbocycles. The van der Waals surface area contributed by atoms with Crippen LogP contribution in [0.15, 0.2) is 0 Å². The van der Waals surface area contributed by atoms with Gasteiger partial charge in [0, 0.05) is 18.5 Å². The maximum absolute atomic E-state index is 11.9. The molecule has 0 aliphatic carbocycles. The van der Waals surface area contributed by atoms with Crippen LogP contribution in [-0.4, -0.2) is 47.6 Å². The quantitative estimate of drug-likeness (QED) is 0.806. The zero-order valence-electron chi connectivity index (χ0n) is 13.1. The van der Waals surface area contributed by atoms with E-state index in [1.54, 1.807) is 0 Å². The SMILES string of the molecule is CC[C@@H](C(=O)O)N1CCC[C@@H](CNC(=O)C(C)(C)C)C1. The first-order chi connectivity index (χ1) is 9.25. The van der Waals surface area contributed by atoms with Crippen molar-refractivity contribution >= 4 is 11.9 Å². The van der Waals surface area contributed by atoms with Crippen molar-refractivity contribution in [3.05, 3.63) is 0 Å². The van der Waals surface area contributed by atoms with Crippen molar-refractivity contribution in [3.63, 3.8) is 0 Å². The highest BCUT2D eigenvalue weighted by molar-refractivity contribution is 5.81. The van der Waals surface area contributed by atoms with Gasteiger partial charge in [0.2, 0.25) is 5.91 Å². The molecular weight excluding hydrogens is 256 g/mol. The molecule has 0 aromatic heterocycles. The summed E-state index contributed by atoms with van der Waals surface area (Å²) in [5.41, 5.74) is -0.374. The Hall–Kier alpha value is -1.10. The van der Waals surface area contributed by atoms with E-state index in [9.17, 15) is 14.7 Å². The fourth-order valence-electron chi connectivity index (χ4n) is 2.64. The maximum atomic E-state index is 11.9. The molecule has 5 heteroatoms. The van der Waals surface area contributed by atoms with Gasteiger partial charge in [-0.05, 0) is 31.7 Å². The summed E-state index contributed by atoms with van der Waals surface area (Å²) < 4.78 is 0. The molecule has 1 aliphatic rings. The van der Waals surface area contributed by atoms with Crippen molar-refractivity contribution in [2.45, 2.75) is 53.0 Å². The van der Waals surface area contributed by atoms with Gasteiger partial charge < -0.3 is 10.4 Å². The number of carboxylic acids is 1. The average Bonchev–Trinajstić information content (AvgIpc) is 2.35. The highest BCUT2D eigenvalue weighted by atomic mass is 16.4. The monoisotopic (exact) mass is 284 g/mol. The largest absolute Gasteiger partial charge is 0.480 e. The van der Waals surface area contributed by atoms with E-state index in [-0.39, 0.29) is 11.3 Å². The zero-order valence-corrected chi connectivity index (χ0v) is 13.1. The second-order valence-electron chi connectivity index (χ2n) is 6.73. The molecule has 0 spiro atoms. The van der Waals surface area contributed by atoms with Gasteiger partial charge in [-0.15, -0.1) is 0 Å². The molecule has 1 heterocycles. The van der Waals surface area contributed by atoms with Crippen LogP contribution >= 0.6 is 0 Å². The molecule has 0 unspecified atom stereocenters. The summed E-state index contributed by atoms with van der Waals surface area (Å²) in [7, 11) is 0. The Labute approximate surface area is 121 Å².